The van der Waals surface area contributed by atoms with Gasteiger partial charge in [-0.3, -0.25) is 14.6 Å². The molecule has 6 aliphatic rings. The first kappa shape index (κ1) is 35.4. The number of Topliss-reactive ketones (excluding diaryl/α,β-unsaturated/α-hetero) is 1. The molecule has 0 bridgehead atoms. The number of hydrogen-bond acceptors (Lipinski definition) is 10. The molecule has 11 heteroatoms. The number of nitrogens with zero attached hydrogens (tertiary/aromatic N) is 3. The molecular weight excluding hydrogens is 598 g/mol. The average molecular weight is 656 g/mol. The molecule has 1 aliphatic heterocycles. The molecule has 1 heterocycles. The van der Waals surface area contributed by atoms with Gasteiger partial charge in [0.25, 0.3) is 0 Å². The zero-order valence-electron chi connectivity index (χ0n) is 30.2. The van der Waals surface area contributed by atoms with Crippen LogP contribution in [0.4, 0.5) is 0 Å². The van der Waals surface area contributed by atoms with Gasteiger partial charge in [0.05, 0.1) is 0 Å². The highest BCUT2D eigenvalue weighted by atomic mass is 17.2. The Labute approximate surface area is 280 Å². The number of carbonyl (C=O) groups excluding carboxylic acids is 4. The Morgan fingerprint density at radius 3 is 2.23 bits per heavy atom. The zero-order chi connectivity index (χ0) is 34.7. The van der Waals surface area contributed by atoms with Crippen LogP contribution in [-0.2, 0) is 29.0 Å². The van der Waals surface area contributed by atoms with Crippen LogP contribution < -0.4 is 11.0 Å². The van der Waals surface area contributed by atoms with Crippen molar-refractivity contribution in [3.63, 3.8) is 0 Å². The van der Waals surface area contributed by atoms with Crippen LogP contribution in [-0.4, -0.2) is 47.3 Å². The lowest BCUT2D eigenvalue weighted by Gasteiger charge is -2.71. The van der Waals surface area contributed by atoms with Crippen molar-refractivity contribution in [3.05, 3.63) is 11.1 Å². The number of hydrazine groups is 3. The molecule has 0 radical (unpaired) electrons. The summed E-state index contributed by atoms with van der Waals surface area (Å²) in [5, 5.41) is 6.58. The maximum atomic E-state index is 13.6. The van der Waals surface area contributed by atoms with Crippen LogP contribution in [0, 0.1) is 50.7 Å². The third-order valence-electron chi connectivity index (χ3n) is 13.7. The van der Waals surface area contributed by atoms with Crippen molar-refractivity contribution >= 4 is 30.0 Å². The number of fused-ring (bicyclic) bond motifs is 7. The number of allylic oxidation sites excluding steroid dienone is 1. The van der Waals surface area contributed by atoms with Crippen LogP contribution in [0.1, 0.15) is 127 Å². The number of amides is 1. The molecule has 7 atom stereocenters. The summed E-state index contributed by atoms with van der Waals surface area (Å²) in [4.78, 5) is 58.8. The van der Waals surface area contributed by atoms with Gasteiger partial charge < -0.3 is 0 Å². The van der Waals surface area contributed by atoms with E-state index in [1.807, 2.05) is 0 Å². The van der Waals surface area contributed by atoms with Gasteiger partial charge in [0.15, 0.2) is 5.78 Å². The summed E-state index contributed by atoms with van der Waals surface area (Å²) in [5.41, 5.74) is 6.89. The van der Waals surface area contributed by atoms with Gasteiger partial charge in [-0.1, -0.05) is 54.9 Å². The van der Waals surface area contributed by atoms with E-state index in [2.05, 4.69) is 64.5 Å². The normalized spacial score (nSPS) is 38.4. The second-order valence-corrected chi connectivity index (χ2v) is 17.0. The second kappa shape index (κ2) is 12.2. The van der Waals surface area contributed by atoms with Crippen molar-refractivity contribution in [1.82, 2.24) is 21.2 Å². The molecule has 0 aromatic carbocycles. The molecule has 1 amide bonds. The molecule has 4 fully saturated rings. The number of hydrogen-bond donors (Lipinski definition) is 2. The van der Waals surface area contributed by atoms with Gasteiger partial charge in [0.1, 0.15) is 11.8 Å². The second-order valence-electron chi connectivity index (χ2n) is 17.0. The molecular formula is C36H57N5O6. The predicted octanol–water partition coefficient (Wildman–Crippen LogP) is 6.03. The third kappa shape index (κ3) is 5.68. The number of rotatable bonds is 3. The van der Waals surface area contributed by atoms with Crippen molar-refractivity contribution < 1.29 is 29.0 Å². The van der Waals surface area contributed by atoms with Crippen molar-refractivity contribution in [2.75, 3.05) is 7.05 Å². The van der Waals surface area contributed by atoms with Crippen LogP contribution in [0.3, 0.4) is 0 Å². The summed E-state index contributed by atoms with van der Waals surface area (Å²) >= 11 is 0. The Balaban J connectivity index is 0.000000371. The van der Waals surface area contributed by atoms with Gasteiger partial charge in [0, 0.05) is 27.3 Å². The smallest absolute Gasteiger partial charge is 0.294 e. The van der Waals surface area contributed by atoms with Gasteiger partial charge in [-0.2, -0.15) is 0 Å². The molecule has 0 aromatic heterocycles. The summed E-state index contributed by atoms with van der Waals surface area (Å²) in [6.45, 7) is 19.4. The van der Waals surface area contributed by atoms with Gasteiger partial charge in [-0.15, -0.1) is 15.9 Å². The SMILES string of the molecule is CC(=O)NN1N=CN(C)N1.CC(=O)OOC(=O)[C@@]12CC[C@]3(C)[C@H](CC[C@@H]4[C@@]5(C)CCCC(C)(C)[C@@H]5CC[C@]43C)C1=C(C(C)C)C(=O)C2. The molecule has 0 aromatic rings. The summed E-state index contributed by atoms with van der Waals surface area (Å²) in [6.07, 6.45) is 11.8. The van der Waals surface area contributed by atoms with Gasteiger partial charge in [-0.05, 0) is 108 Å². The lowest BCUT2D eigenvalue weighted by atomic mass is 9.33. The van der Waals surface area contributed by atoms with Crippen LogP contribution >= 0.6 is 0 Å². The fourth-order valence-corrected chi connectivity index (χ4v) is 11.7. The number of hydrazone groups is 1. The molecule has 0 unspecified atom stereocenters. The lowest BCUT2D eigenvalue weighted by Crippen LogP contribution is -2.64. The lowest BCUT2D eigenvalue weighted by molar-refractivity contribution is -0.267. The van der Waals surface area contributed by atoms with E-state index in [4.69, 9.17) is 9.78 Å². The minimum atomic E-state index is -0.993. The van der Waals surface area contributed by atoms with E-state index in [1.54, 1.807) is 12.1 Å². The summed E-state index contributed by atoms with van der Waals surface area (Å²) in [5.74, 6) is 0.329. The van der Waals surface area contributed by atoms with Gasteiger partial charge >= 0.3 is 11.9 Å². The summed E-state index contributed by atoms with van der Waals surface area (Å²) in [6, 6.07) is 0. The molecule has 0 spiro atoms. The standard InChI is InChI=1S/C32H48O5.C4H9N5O/c1-19(2)25-22(34)18-32(27(35)37-36-20(3)33)17-16-30(7)21(26(25)32)10-11-24-29(6)14-9-13-28(4,5)23(29)12-15-31(24,30)8;1-4(10)6-9-5-3-8(2)7-9/h19,21,23-24H,9-18H2,1-8H3;3,7H,1-2H3,(H,6,10)/t21-,23+,24-,29+,30-,31-,32-;/m1./s1. The predicted molar refractivity (Wildman–Crippen MR) is 177 cm³/mol. The minimum absolute atomic E-state index is 0.0107. The highest BCUT2D eigenvalue weighted by Gasteiger charge is 2.70. The van der Waals surface area contributed by atoms with Gasteiger partial charge in [0.2, 0.25) is 5.91 Å². The van der Waals surface area contributed by atoms with E-state index in [9.17, 15) is 19.2 Å². The maximum Gasteiger partial charge on any atom is 0.366 e. The fourth-order valence-electron chi connectivity index (χ4n) is 11.7. The molecule has 262 valence electrons. The Morgan fingerprint density at radius 2 is 1.64 bits per heavy atom. The van der Waals surface area contributed by atoms with Crippen LogP contribution in [0.25, 0.3) is 0 Å². The maximum absolute atomic E-state index is 13.6. The fraction of sp³-hybridized carbons (Fsp3) is 0.806. The molecule has 11 nitrogen and oxygen atoms in total. The van der Waals surface area contributed by atoms with E-state index < -0.39 is 17.4 Å². The zero-order valence-corrected chi connectivity index (χ0v) is 30.2. The topological polar surface area (TPSA) is 130 Å². The summed E-state index contributed by atoms with van der Waals surface area (Å²) in [7, 11) is 1.77. The van der Waals surface area contributed by atoms with Crippen molar-refractivity contribution in [3.8, 4) is 0 Å². The highest BCUT2D eigenvalue weighted by Crippen LogP contribution is 2.76. The van der Waals surface area contributed by atoms with Crippen molar-refractivity contribution in [2.45, 2.75) is 127 Å². The first-order valence-corrected chi connectivity index (χ1v) is 17.6. The van der Waals surface area contributed by atoms with Crippen LogP contribution in [0.15, 0.2) is 16.2 Å². The Bertz CT molecular complexity index is 1380. The number of ketones is 1. The van der Waals surface area contributed by atoms with Crippen LogP contribution in [0.5, 0.6) is 0 Å². The molecule has 0 saturated heterocycles. The molecule has 5 aliphatic carbocycles. The van der Waals surface area contributed by atoms with E-state index >= 15 is 0 Å². The Hall–Kier alpha value is -2.95. The monoisotopic (exact) mass is 655 g/mol. The van der Waals surface area contributed by atoms with Crippen LogP contribution in [0.2, 0.25) is 0 Å². The molecule has 2 N–H and O–H groups in total. The van der Waals surface area contributed by atoms with E-state index in [0.29, 0.717) is 23.2 Å². The van der Waals surface area contributed by atoms with Crippen molar-refractivity contribution in [1.29, 1.82) is 0 Å². The first-order chi connectivity index (χ1) is 21.8. The largest absolute Gasteiger partial charge is 0.366 e. The number of carbonyl (C=O) groups is 4. The first-order valence-electron chi connectivity index (χ1n) is 17.6. The average Bonchev–Trinajstić information content (AvgIpc) is 3.51. The van der Waals surface area contributed by atoms with Crippen molar-refractivity contribution in [2.24, 2.45) is 55.8 Å². The summed E-state index contributed by atoms with van der Waals surface area (Å²) < 4.78 is 0. The molecule has 4 saturated carbocycles. The number of nitrogens with one attached hydrogen (secondary N) is 2. The Morgan fingerprint density at radius 1 is 0.936 bits per heavy atom. The molecule has 47 heavy (non-hydrogen) atoms. The quantitative estimate of drug-likeness (QED) is 0.277. The van der Waals surface area contributed by atoms with E-state index in [0.717, 1.165) is 36.3 Å². The van der Waals surface area contributed by atoms with E-state index in [1.165, 1.54) is 57.5 Å². The third-order valence-corrected chi connectivity index (χ3v) is 13.7. The highest BCUT2D eigenvalue weighted by molar-refractivity contribution is 6.06. The molecule has 6 rings (SSSR count). The minimum Gasteiger partial charge on any atom is -0.294 e. The van der Waals surface area contributed by atoms with E-state index in [-0.39, 0.29) is 40.8 Å². The van der Waals surface area contributed by atoms with Gasteiger partial charge in [-0.25, -0.2) is 24.8 Å². The Kier molecular flexibility index (Phi) is 9.16.